The smallest absolute Gasteiger partial charge is 0.258 e. The van der Waals surface area contributed by atoms with Gasteiger partial charge >= 0.3 is 0 Å². The molecule has 6 heteroatoms. The van der Waals surface area contributed by atoms with Crippen molar-refractivity contribution in [1.82, 2.24) is 9.97 Å². The second kappa shape index (κ2) is 5.45. The molecule has 0 spiro atoms. The molecule has 1 aromatic heterocycles. The van der Waals surface area contributed by atoms with Gasteiger partial charge in [0.15, 0.2) is 0 Å². The monoisotopic (exact) mass is 257 g/mol. The molecular weight excluding hydrogens is 242 g/mol. The summed E-state index contributed by atoms with van der Waals surface area (Å²) in [4.78, 5) is 20.3. The van der Waals surface area contributed by atoms with Crippen molar-refractivity contribution >= 4 is 17.5 Å². The zero-order chi connectivity index (χ0) is 13.8. The highest BCUT2D eigenvalue weighted by atomic mass is 16.1. The number of nitrogens with one attached hydrogen (secondary N) is 2. The van der Waals surface area contributed by atoms with E-state index in [4.69, 9.17) is 5.84 Å². The fourth-order valence-electron chi connectivity index (χ4n) is 1.67. The molecule has 1 aromatic carbocycles. The van der Waals surface area contributed by atoms with Crippen LogP contribution in [0.3, 0.4) is 0 Å². The van der Waals surface area contributed by atoms with E-state index < -0.39 is 0 Å². The Hall–Kier alpha value is -2.47. The quantitative estimate of drug-likeness (QED) is 0.574. The molecule has 0 atom stereocenters. The van der Waals surface area contributed by atoms with Gasteiger partial charge in [-0.1, -0.05) is 0 Å². The Bertz CT molecular complexity index is 574. The van der Waals surface area contributed by atoms with Gasteiger partial charge in [-0.3, -0.25) is 16.0 Å². The fraction of sp³-hybridized carbons (Fsp3) is 0.154. The van der Waals surface area contributed by atoms with Crippen LogP contribution in [0.15, 0.2) is 30.3 Å². The minimum Gasteiger partial charge on any atom is -0.324 e. The molecule has 2 aromatic rings. The Morgan fingerprint density at radius 1 is 1.11 bits per heavy atom. The van der Waals surface area contributed by atoms with Crippen LogP contribution < -0.4 is 16.6 Å². The first-order chi connectivity index (χ1) is 9.08. The summed E-state index contributed by atoms with van der Waals surface area (Å²) in [6, 6.07) is 8.63. The molecule has 1 amide bonds. The summed E-state index contributed by atoms with van der Waals surface area (Å²) in [5.41, 5.74) is 5.37. The first kappa shape index (κ1) is 13.0. The number of benzene rings is 1. The van der Waals surface area contributed by atoms with Crippen LogP contribution in [0.4, 0.5) is 11.6 Å². The summed E-state index contributed by atoms with van der Waals surface area (Å²) in [5.74, 6) is 5.32. The van der Waals surface area contributed by atoms with E-state index in [2.05, 4.69) is 20.7 Å². The topological polar surface area (TPSA) is 92.9 Å². The molecule has 0 aliphatic carbocycles. The van der Waals surface area contributed by atoms with Crippen molar-refractivity contribution in [3.05, 3.63) is 47.3 Å². The second-order valence-electron chi connectivity index (χ2n) is 4.15. The lowest BCUT2D eigenvalue weighted by atomic mass is 10.2. The molecule has 0 unspecified atom stereocenters. The van der Waals surface area contributed by atoms with Crippen molar-refractivity contribution in [3.8, 4) is 0 Å². The van der Waals surface area contributed by atoms with Gasteiger partial charge in [-0.15, -0.1) is 0 Å². The Balaban J connectivity index is 2.15. The van der Waals surface area contributed by atoms with Gasteiger partial charge in [0.1, 0.15) is 0 Å². The van der Waals surface area contributed by atoms with Crippen LogP contribution in [0.2, 0.25) is 0 Å². The summed E-state index contributed by atoms with van der Waals surface area (Å²) >= 11 is 0. The zero-order valence-electron chi connectivity index (χ0n) is 10.8. The zero-order valence-corrected chi connectivity index (χ0v) is 10.8. The number of hydrogen-bond acceptors (Lipinski definition) is 5. The summed E-state index contributed by atoms with van der Waals surface area (Å²) < 4.78 is 0. The number of amides is 1. The standard InChI is InChI=1S/C13H15N5O/c1-8-7-9(2)16-13(15-8)17-12(19)10-3-5-11(18-14)6-4-10/h3-7,18H,14H2,1-2H3,(H,15,16,17,19). The van der Waals surface area contributed by atoms with E-state index in [0.29, 0.717) is 11.5 Å². The molecule has 0 aliphatic heterocycles. The van der Waals surface area contributed by atoms with E-state index in [9.17, 15) is 4.79 Å². The highest BCUT2D eigenvalue weighted by Crippen LogP contribution is 2.10. The van der Waals surface area contributed by atoms with Gasteiger partial charge in [0, 0.05) is 22.6 Å². The summed E-state index contributed by atoms with van der Waals surface area (Å²) in [7, 11) is 0. The molecule has 0 fully saturated rings. The number of carbonyl (C=O) groups is 1. The van der Waals surface area contributed by atoms with E-state index in [1.165, 1.54) is 0 Å². The first-order valence-electron chi connectivity index (χ1n) is 5.79. The Morgan fingerprint density at radius 3 is 2.21 bits per heavy atom. The fourth-order valence-corrected chi connectivity index (χ4v) is 1.67. The molecular formula is C13H15N5O. The lowest BCUT2D eigenvalue weighted by Gasteiger charge is -2.06. The average Bonchev–Trinajstić information content (AvgIpc) is 2.37. The van der Waals surface area contributed by atoms with Crippen molar-refractivity contribution in [1.29, 1.82) is 0 Å². The Kier molecular flexibility index (Phi) is 3.72. The number of carbonyl (C=O) groups excluding carboxylic acids is 1. The average molecular weight is 257 g/mol. The van der Waals surface area contributed by atoms with E-state index in [1.54, 1.807) is 24.3 Å². The van der Waals surface area contributed by atoms with Crippen molar-refractivity contribution < 1.29 is 4.79 Å². The molecule has 19 heavy (non-hydrogen) atoms. The third-order valence-electron chi connectivity index (χ3n) is 2.52. The van der Waals surface area contributed by atoms with Gasteiger partial charge in [-0.05, 0) is 44.2 Å². The van der Waals surface area contributed by atoms with Crippen molar-refractivity contribution in [2.45, 2.75) is 13.8 Å². The number of aromatic nitrogens is 2. The lowest BCUT2D eigenvalue weighted by molar-refractivity contribution is 0.102. The normalized spacial score (nSPS) is 10.1. The number of anilines is 2. The molecule has 2 rings (SSSR count). The molecule has 6 nitrogen and oxygen atoms in total. The number of nitrogen functional groups attached to an aromatic ring is 1. The maximum atomic E-state index is 12.0. The number of aryl methyl sites for hydroxylation is 2. The second-order valence-corrected chi connectivity index (χ2v) is 4.15. The van der Waals surface area contributed by atoms with Crippen LogP contribution in [0.25, 0.3) is 0 Å². The summed E-state index contributed by atoms with van der Waals surface area (Å²) in [6.07, 6.45) is 0. The number of hydrogen-bond donors (Lipinski definition) is 3. The number of nitrogens with zero attached hydrogens (tertiary/aromatic N) is 2. The molecule has 0 saturated carbocycles. The van der Waals surface area contributed by atoms with E-state index in [1.807, 2.05) is 19.9 Å². The van der Waals surface area contributed by atoms with Gasteiger partial charge in [0.05, 0.1) is 0 Å². The third-order valence-corrected chi connectivity index (χ3v) is 2.52. The number of hydrazine groups is 1. The van der Waals surface area contributed by atoms with Gasteiger partial charge < -0.3 is 5.43 Å². The molecule has 0 radical (unpaired) electrons. The maximum absolute atomic E-state index is 12.0. The van der Waals surface area contributed by atoms with Crippen LogP contribution in [-0.2, 0) is 0 Å². The minimum absolute atomic E-state index is 0.256. The molecule has 0 saturated heterocycles. The van der Waals surface area contributed by atoms with Crippen LogP contribution in [0.5, 0.6) is 0 Å². The highest BCUT2D eigenvalue weighted by Gasteiger charge is 2.08. The lowest BCUT2D eigenvalue weighted by Crippen LogP contribution is -2.15. The maximum Gasteiger partial charge on any atom is 0.258 e. The van der Waals surface area contributed by atoms with Crippen molar-refractivity contribution in [2.24, 2.45) is 5.84 Å². The largest absolute Gasteiger partial charge is 0.324 e. The third kappa shape index (κ3) is 3.26. The van der Waals surface area contributed by atoms with E-state index in [0.717, 1.165) is 17.1 Å². The van der Waals surface area contributed by atoms with Crippen LogP contribution in [0, 0.1) is 13.8 Å². The highest BCUT2D eigenvalue weighted by molar-refractivity contribution is 6.03. The van der Waals surface area contributed by atoms with Crippen molar-refractivity contribution in [2.75, 3.05) is 10.7 Å². The predicted molar refractivity (Wildman–Crippen MR) is 73.7 cm³/mol. The Labute approximate surface area is 111 Å². The van der Waals surface area contributed by atoms with Gasteiger partial charge in [0.2, 0.25) is 5.95 Å². The van der Waals surface area contributed by atoms with E-state index >= 15 is 0 Å². The minimum atomic E-state index is -0.256. The number of nitrogens with two attached hydrogens (primary N) is 1. The molecule has 98 valence electrons. The van der Waals surface area contributed by atoms with Crippen LogP contribution >= 0.6 is 0 Å². The molecule has 0 bridgehead atoms. The molecule has 0 aliphatic rings. The molecule has 4 N–H and O–H groups in total. The summed E-state index contributed by atoms with van der Waals surface area (Å²) in [6.45, 7) is 3.71. The first-order valence-corrected chi connectivity index (χ1v) is 5.79. The van der Waals surface area contributed by atoms with Crippen LogP contribution in [0.1, 0.15) is 21.7 Å². The van der Waals surface area contributed by atoms with Gasteiger partial charge in [-0.2, -0.15) is 0 Å². The van der Waals surface area contributed by atoms with Gasteiger partial charge in [-0.25, -0.2) is 9.97 Å². The predicted octanol–water partition coefficient (Wildman–Crippen LogP) is 1.63. The summed E-state index contributed by atoms with van der Waals surface area (Å²) in [5, 5.41) is 2.66. The SMILES string of the molecule is Cc1cc(C)nc(NC(=O)c2ccc(NN)cc2)n1. The molecule has 1 heterocycles. The Morgan fingerprint density at radius 2 is 1.68 bits per heavy atom. The number of rotatable bonds is 3. The van der Waals surface area contributed by atoms with Gasteiger partial charge in [0.25, 0.3) is 5.91 Å². The van der Waals surface area contributed by atoms with Crippen molar-refractivity contribution in [3.63, 3.8) is 0 Å². The van der Waals surface area contributed by atoms with E-state index in [-0.39, 0.29) is 5.91 Å². The van der Waals surface area contributed by atoms with Crippen LogP contribution in [-0.4, -0.2) is 15.9 Å².